The van der Waals surface area contributed by atoms with Gasteiger partial charge in [-0.1, -0.05) is 17.7 Å². The van der Waals surface area contributed by atoms with Gasteiger partial charge in [0.2, 0.25) is 0 Å². The van der Waals surface area contributed by atoms with E-state index in [0.717, 1.165) is 11.3 Å². The summed E-state index contributed by atoms with van der Waals surface area (Å²) < 4.78 is 0. The highest BCUT2D eigenvalue weighted by Gasteiger charge is 2.12. The van der Waals surface area contributed by atoms with E-state index in [1.165, 1.54) is 16.9 Å². The number of nitrogens with one attached hydrogen (secondary N) is 2. The number of rotatable bonds is 3. The number of carbonyl (C=O) groups excluding carboxylic acids is 2. The first-order valence-electron chi connectivity index (χ1n) is 5.07. The number of thiazole rings is 1. The maximum atomic E-state index is 11.9. The average Bonchev–Trinajstić information content (AvgIpc) is 2.86. The molecule has 1 heterocycles. The molecule has 0 saturated heterocycles. The lowest BCUT2D eigenvalue weighted by Gasteiger charge is -2.01. The number of halogens is 1. The van der Waals surface area contributed by atoms with E-state index in [-0.39, 0.29) is 16.7 Å². The number of carbonyl (C=O) groups is 2. The van der Waals surface area contributed by atoms with E-state index in [1.807, 2.05) is 0 Å². The zero-order valence-electron chi connectivity index (χ0n) is 9.38. The number of benzene rings is 1. The molecule has 0 spiro atoms. The molecule has 0 saturated carbocycles. The molecule has 1 aromatic heterocycles. The molecule has 3 N–H and O–H groups in total. The molecular weight excluding hydrogens is 290 g/mol. The number of hydrogen-bond acceptors (Lipinski definition) is 5. The van der Waals surface area contributed by atoms with Crippen LogP contribution in [0, 0.1) is 0 Å². The van der Waals surface area contributed by atoms with Crippen LogP contribution in [0.1, 0.15) is 20.8 Å². The van der Waals surface area contributed by atoms with Crippen molar-refractivity contribution in [1.82, 2.24) is 10.5 Å². The number of hydrogen-bond donors (Lipinski definition) is 3. The van der Waals surface area contributed by atoms with Crippen LogP contribution in [0.2, 0.25) is 5.02 Å². The van der Waals surface area contributed by atoms with Crippen LogP contribution in [0.5, 0.6) is 0 Å². The molecular formula is C11H8ClN3O3S. The molecule has 0 aliphatic heterocycles. The van der Waals surface area contributed by atoms with Crippen molar-refractivity contribution in [3.63, 3.8) is 0 Å². The molecule has 0 unspecified atom stereocenters. The van der Waals surface area contributed by atoms with Crippen molar-refractivity contribution in [2.24, 2.45) is 0 Å². The van der Waals surface area contributed by atoms with Gasteiger partial charge in [0.05, 0.1) is 0 Å². The summed E-state index contributed by atoms with van der Waals surface area (Å²) in [6.45, 7) is 0. The fraction of sp³-hybridized carbons (Fsp3) is 0. The molecule has 0 atom stereocenters. The molecule has 2 rings (SSSR count). The van der Waals surface area contributed by atoms with E-state index in [2.05, 4.69) is 10.3 Å². The average molecular weight is 298 g/mol. The molecule has 19 heavy (non-hydrogen) atoms. The van der Waals surface area contributed by atoms with Crippen molar-refractivity contribution < 1.29 is 14.8 Å². The third-order valence-electron chi connectivity index (χ3n) is 2.15. The highest BCUT2D eigenvalue weighted by Crippen LogP contribution is 2.17. The highest BCUT2D eigenvalue weighted by molar-refractivity contribution is 7.14. The van der Waals surface area contributed by atoms with Gasteiger partial charge in [-0.3, -0.25) is 20.1 Å². The van der Waals surface area contributed by atoms with Gasteiger partial charge in [0.15, 0.2) is 5.13 Å². The number of amides is 2. The second-order valence-electron chi connectivity index (χ2n) is 3.44. The molecule has 98 valence electrons. The smallest absolute Gasteiger partial charge is 0.294 e. The van der Waals surface area contributed by atoms with Crippen molar-refractivity contribution in [2.45, 2.75) is 0 Å². The lowest BCUT2D eigenvalue weighted by atomic mass is 10.2. The van der Waals surface area contributed by atoms with Gasteiger partial charge in [0, 0.05) is 16.0 Å². The van der Waals surface area contributed by atoms with E-state index < -0.39 is 5.91 Å². The summed E-state index contributed by atoms with van der Waals surface area (Å²) in [5.74, 6) is -1.12. The van der Waals surface area contributed by atoms with Crippen LogP contribution in [-0.4, -0.2) is 22.0 Å². The predicted molar refractivity (Wildman–Crippen MR) is 70.8 cm³/mol. The summed E-state index contributed by atoms with van der Waals surface area (Å²) in [6.07, 6.45) is 0. The van der Waals surface area contributed by atoms with Crippen LogP contribution in [0.4, 0.5) is 5.13 Å². The molecule has 1 aromatic carbocycles. The fourth-order valence-corrected chi connectivity index (χ4v) is 2.17. The van der Waals surface area contributed by atoms with Crippen molar-refractivity contribution in [2.75, 3.05) is 5.32 Å². The number of anilines is 1. The van der Waals surface area contributed by atoms with Gasteiger partial charge in [-0.25, -0.2) is 10.5 Å². The molecule has 8 heteroatoms. The van der Waals surface area contributed by atoms with E-state index in [9.17, 15) is 9.59 Å². The van der Waals surface area contributed by atoms with Crippen LogP contribution in [0.15, 0.2) is 29.6 Å². The van der Waals surface area contributed by atoms with Gasteiger partial charge in [0.1, 0.15) is 5.69 Å². The molecule has 0 aliphatic carbocycles. The second-order valence-corrected chi connectivity index (χ2v) is 4.74. The molecule has 6 nitrogen and oxygen atoms in total. The Morgan fingerprint density at radius 1 is 1.32 bits per heavy atom. The Bertz CT molecular complexity index is 629. The topological polar surface area (TPSA) is 91.3 Å². The maximum absolute atomic E-state index is 11.9. The second kappa shape index (κ2) is 5.79. The standard InChI is InChI=1S/C11H8ClN3O3S/c12-7-3-1-2-6(4-7)9(16)14-11-13-8(5-19-11)10(17)15-18/h1-5,18H,(H,15,17)(H,13,14,16). The molecule has 2 aromatic rings. The molecule has 0 fully saturated rings. The molecule has 0 radical (unpaired) electrons. The van der Waals surface area contributed by atoms with E-state index in [0.29, 0.717) is 10.6 Å². The zero-order chi connectivity index (χ0) is 13.8. The number of aromatic nitrogens is 1. The zero-order valence-corrected chi connectivity index (χ0v) is 11.0. The fourth-order valence-electron chi connectivity index (χ4n) is 1.29. The van der Waals surface area contributed by atoms with Gasteiger partial charge in [-0.2, -0.15) is 0 Å². The van der Waals surface area contributed by atoms with Crippen molar-refractivity contribution >= 4 is 39.9 Å². The van der Waals surface area contributed by atoms with Crippen LogP contribution in [0.3, 0.4) is 0 Å². The minimum Gasteiger partial charge on any atom is -0.298 e. The van der Waals surface area contributed by atoms with Crippen LogP contribution < -0.4 is 10.8 Å². The predicted octanol–water partition coefficient (Wildman–Crippen LogP) is 2.17. The van der Waals surface area contributed by atoms with Crippen LogP contribution in [-0.2, 0) is 0 Å². The van der Waals surface area contributed by atoms with Gasteiger partial charge < -0.3 is 0 Å². The number of nitrogens with zero attached hydrogens (tertiary/aromatic N) is 1. The monoisotopic (exact) mass is 297 g/mol. The van der Waals surface area contributed by atoms with E-state index >= 15 is 0 Å². The number of hydroxylamine groups is 1. The van der Waals surface area contributed by atoms with Crippen molar-refractivity contribution in [1.29, 1.82) is 0 Å². The summed E-state index contributed by atoms with van der Waals surface area (Å²) >= 11 is 6.86. The summed E-state index contributed by atoms with van der Waals surface area (Å²) in [5, 5.41) is 13.1. The Morgan fingerprint density at radius 3 is 2.79 bits per heavy atom. The quantitative estimate of drug-likeness (QED) is 0.598. The molecule has 0 bridgehead atoms. The first kappa shape index (κ1) is 13.5. The Morgan fingerprint density at radius 2 is 2.11 bits per heavy atom. The van der Waals surface area contributed by atoms with Crippen molar-refractivity contribution in [3.8, 4) is 0 Å². The van der Waals surface area contributed by atoms with Crippen LogP contribution >= 0.6 is 22.9 Å². The Labute approximate surface area is 117 Å². The minimum atomic E-state index is -0.737. The third-order valence-corrected chi connectivity index (χ3v) is 3.14. The normalized spacial score (nSPS) is 10.0. The SMILES string of the molecule is O=C(Nc1nc(C(=O)NO)cs1)c1cccc(Cl)c1. The lowest BCUT2D eigenvalue weighted by Crippen LogP contribution is -2.19. The lowest BCUT2D eigenvalue weighted by molar-refractivity contribution is 0.0701. The first-order valence-corrected chi connectivity index (χ1v) is 6.33. The van der Waals surface area contributed by atoms with Gasteiger partial charge in [-0.05, 0) is 18.2 Å². The molecule has 0 aliphatic rings. The summed E-state index contributed by atoms with van der Waals surface area (Å²) in [4.78, 5) is 26.8. The van der Waals surface area contributed by atoms with E-state index in [4.69, 9.17) is 16.8 Å². The minimum absolute atomic E-state index is 0.0221. The van der Waals surface area contributed by atoms with Crippen molar-refractivity contribution in [3.05, 3.63) is 45.9 Å². The Kier molecular flexibility index (Phi) is 4.10. The highest BCUT2D eigenvalue weighted by atomic mass is 35.5. The summed E-state index contributed by atoms with van der Waals surface area (Å²) in [5.41, 5.74) is 1.87. The summed E-state index contributed by atoms with van der Waals surface area (Å²) in [7, 11) is 0. The maximum Gasteiger partial charge on any atom is 0.294 e. The van der Waals surface area contributed by atoms with Crippen LogP contribution in [0.25, 0.3) is 0 Å². The van der Waals surface area contributed by atoms with Gasteiger partial charge >= 0.3 is 0 Å². The Hall–Kier alpha value is -1.96. The summed E-state index contributed by atoms with van der Waals surface area (Å²) in [6, 6.07) is 6.44. The van der Waals surface area contributed by atoms with Gasteiger partial charge in [-0.15, -0.1) is 11.3 Å². The third kappa shape index (κ3) is 3.28. The largest absolute Gasteiger partial charge is 0.298 e. The van der Waals surface area contributed by atoms with Gasteiger partial charge in [0.25, 0.3) is 11.8 Å². The first-order chi connectivity index (χ1) is 9.10. The van der Waals surface area contributed by atoms with E-state index in [1.54, 1.807) is 18.2 Å². The molecule has 2 amide bonds. The Balaban J connectivity index is 2.11.